The molecular formula is C18H28O2. The molecule has 1 aromatic carbocycles. The first-order valence-electron chi connectivity index (χ1n) is 8.22. The van der Waals surface area contributed by atoms with E-state index in [9.17, 15) is 0 Å². The molecule has 1 saturated heterocycles. The van der Waals surface area contributed by atoms with Crippen LogP contribution in [0, 0.1) is 0 Å². The number of ether oxygens (including phenoxy) is 2. The van der Waals surface area contributed by atoms with Crippen LogP contribution in [0.25, 0.3) is 0 Å². The molecule has 0 aliphatic carbocycles. The van der Waals surface area contributed by atoms with Gasteiger partial charge in [0, 0.05) is 6.42 Å². The Kier molecular flexibility index (Phi) is 7.10. The van der Waals surface area contributed by atoms with Crippen molar-refractivity contribution in [3.63, 3.8) is 0 Å². The summed E-state index contributed by atoms with van der Waals surface area (Å²) in [4.78, 5) is 0. The molecule has 2 atom stereocenters. The standard InChI is InChI=1S/C18H28O2/c1-2-3-4-5-6-10-13-18-19-15-14-17(20-18)16-11-8-7-9-12-16/h7-9,11-12,17-18H,2-6,10,13-15H2,1H3. The van der Waals surface area contributed by atoms with E-state index < -0.39 is 0 Å². The summed E-state index contributed by atoms with van der Waals surface area (Å²) in [7, 11) is 0. The van der Waals surface area contributed by atoms with Crippen molar-refractivity contribution in [2.45, 2.75) is 70.7 Å². The molecule has 1 aliphatic heterocycles. The van der Waals surface area contributed by atoms with Crippen molar-refractivity contribution in [3.8, 4) is 0 Å². The Bertz CT molecular complexity index is 350. The van der Waals surface area contributed by atoms with Gasteiger partial charge in [-0.15, -0.1) is 0 Å². The van der Waals surface area contributed by atoms with E-state index in [-0.39, 0.29) is 12.4 Å². The molecule has 0 bridgehead atoms. The largest absolute Gasteiger partial charge is 0.353 e. The summed E-state index contributed by atoms with van der Waals surface area (Å²) in [5.41, 5.74) is 1.28. The summed E-state index contributed by atoms with van der Waals surface area (Å²) < 4.78 is 11.8. The molecule has 0 radical (unpaired) electrons. The highest BCUT2D eigenvalue weighted by atomic mass is 16.7. The van der Waals surface area contributed by atoms with Crippen LogP contribution < -0.4 is 0 Å². The van der Waals surface area contributed by atoms with Gasteiger partial charge >= 0.3 is 0 Å². The van der Waals surface area contributed by atoms with E-state index in [4.69, 9.17) is 9.47 Å². The van der Waals surface area contributed by atoms with Crippen LogP contribution in [0.2, 0.25) is 0 Å². The molecule has 0 saturated carbocycles. The topological polar surface area (TPSA) is 18.5 Å². The molecule has 2 rings (SSSR count). The summed E-state index contributed by atoms with van der Waals surface area (Å²) in [6.07, 6.45) is 10.1. The SMILES string of the molecule is CCCCCCCCC1OCCC(c2ccccc2)O1. The van der Waals surface area contributed by atoms with Gasteiger partial charge in [0.25, 0.3) is 0 Å². The first-order chi connectivity index (χ1) is 9.90. The van der Waals surface area contributed by atoms with Gasteiger partial charge in [0.2, 0.25) is 0 Å². The van der Waals surface area contributed by atoms with Gasteiger partial charge in [-0.3, -0.25) is 0 Å². The molecule has 1 heterocycles. The third kappa shape index (κ3) is 5.26. The molecule has 0 N–H and O–H groups in total. The highest BCUT2D eigenvalue weighted by molar-refractivity contribution is 5.17. The molecule has 2 heteroatoms. The molecule has 2 nitrogen and oxygen atoms in total. The Morgan fingerprint density at radius 3 is 2.55 bits per heavy atom. The summed E-state index contributed by atoms with van der Waals surface area (Å²) in [6, 6.07) is 10.5. The summed E-state index contributed by atoms with van der Waals surface area (Å²) in [5.74, 6) is 0. The predicted molar refractivity (Wildman–Crippen MR) is 82.6 cm³/mol. The maximum Gasteiger partial charge on any atom is 0.158 e. The van der Waals surface area contributed by atoms with E-state index in [1.807, 2.05) is 0 Å². The third-order valence-electron chi connectivity index (χ3n) is 3.96. The zero-order valence-electron chi connectivity index (χ0n) is 12.7. The Morgan fingerprint density at radius 2 is 1.75 bits per heavy atom. The minimum atomic E-state index is 0.000122. The Hall–Kier alpha value is -0.860. The molecule has 1 aromatic rings. The number of unbranched alkanes of at least 4 members (excludes halogenated alkanes) is 5. The quantitative estimate of drug-likeness (QED) is 0.604. The van der Waals surface area contributed by atoms with Gasteiger partial charge in [0.1, 0.15) is 0 Å². The van der Waals surface area contributed by atoms with E-state index in [0.717, 1.165) is 19.4 Å². The lowest BCUT2D eigenvalue weighted by Crippen LogP contribution is -2.27. The van der Waals surface area contributed by atoms with E-state index in [1.165, 1.54) is 44.1 Å². The van der Waals surface area contributed by atoms with Crippen molar-refractivity contribution in [2.24, 2.45) is 0 Å². The lowest BCUT2D eigenvalue weighted by Gasteiger charge is -2.30. The molecule has 2 unspecified atom stereocenters. The van der Waals surface area contributed by atoms with Gasteiger partial charge in [-0.25, -0.2) is 0 Å². The second-order valence-corrected chi connectivity index (χ2v) is 5.68. The smallest absolute Gasteiger partial charge is 0.158 e. The van der Waals surface area contributed by atoms with Crippen molar-refractivity contribution in [3.05, 3.63) is 35.9 Å². The minimum Gasteiger partial charge on any atom is -0.353 e. The zero-order valence-corrected chi connectivity index (χ0v) is 12.7. The van der Waals surface area contributed by atoms with E-state index in [2.05, 4.69) is 37.3 Å². The zero-order chi connectivity index (χ0) is 14.0. The first kappa shape index (κ1) is 15.5. The molecule has 1 fully saturated rings. The fourth-order valence-electron chi connectivity index (χ4n) is 2.75. The summed E-state index contributed by atoms with van der Waals surface area (Å²) in [6.45, 7) is 3.08. The molecule has 0 amide bonds. The monoisotopic (exact) mass is 276 g/mol. The second-order valence-electron chi connectivity index (χ2n) is 5.68. The lowest BCUT2D eigenvalue weighted by molar-refractivity contribution is -0.217. The first-order valence-corrected chi connectivity index (χ1v) is 8.22. The van der Waals surface area contributed by atoms with Gasteiger partial charge in [-0.1, -0.05) is 69.4 Å². The van der Waals surface area contributed by atoms with Crippen LogP contribution in [0.5, 0.6) is 0 Å². The van der Waals surface area contributed by atoms with Gasteiger partial charge in [-0.2, -0.15) is 0 Å². The Balaban J connectivity index is 1.66. The fourth-order valence-corrected chi connectivity index (χ4v) is 2.75. The lowest BCUT2D eigenvalue weighted by atomic mass is 10.1. The van der Waals surface area contributed by atoms with Crippen LogP contribution in [0.3, 0.4) is 0 Å². The number of hydrogen-bond donors (Lipinski definition) is 0. The maximum atomic E-state index is 6.08. The minimum absolute atomic E-state index is 0.000122. The number of hydrogen-bond acceptors (Lipinski definition) is 2. The Morgan fingerprint density at radius 1 is 1.00 bits per heavy atom. The average molecular weight is 276 g/mol. The summed E-state index contributed by atoms with van der Waals surface area (Å²) in [5, 5.41) is 0. The summed E-state index contributed by atoms with van der Waals surface area (Å²) >= 11 is 0. The molecule has 20 heavy (non-hydrogen) atoms. The van der Waals surface area contributed by atoms with Gasteiger partial charge < -0.3 is 9.47 Å². The molecule has 112 valence electrons. The predicted octanol–water partition coefficient (Wildman–Crippen LogP) is 5.24. The van der Waals surface area contributed by atoms with Crippen molar-refractivity contribution >= 4 is 0 Å². The molecule has 1 aliphatic rings. The average Bonchev–Trinajstić information content (AvgIpc) is 2.52. The number of rotatable bonds is 8. The van der Waals surface area contributed by atoms with E-state index >= 15 is 0 Å². The maximum absolute atomic E-state index is 6.08. The molecule has 0 aromatic heterocycles. The van der Waals surface area contributed by atoms with Crippen molar-refractivity contribution in [1.82, 2.24) is 0 Å². The van der Waals surface area contributed by atoms with Crippen LogP contribution in [0.15, 0.2) is 30.3 Å². The second kappa shape index (κ2) is 9.15. The van der Waals surface area contributed by atoms with E-state index in [1.54, 1.807) is 0 Å². The Labute approximate surface area is 123 Å². The van der Waals surface area contributed by atoms with Crippen molar-refractivity contribution in [2.75, 3.05) is 6.61 Å². The molecule has 0 spiro atoms. The highest BCUT2D eigenvalue weighted by Crippen LogP contribution is 2.29. The normalized spacial score (nSPS) is 22.9. The van der Waals surface area contributed by atoms with Gasteiger partial charge in [-0.05, 0) is 18.4 Å². The van der Waals surface area contributed by atoms with Crippen LogP contribution in [0.1, 0.15) is 70.0 Å². The van der Waals surface area contributed by atoms with Gasteiger partial charge in [0.05, 0.1) is 12.7 Å². The van der Waals surface area contributed by atoms with Crippen LogP contribution in [-0.2, 0) is 9.47 Å². The van der Waals surface area contributed by atoms with Crippen molar-refractivity contribution in [1.29, 1.82) is 0 Å². The fraction of sp³-hybridized carbons (Fsp3) is 0.667. The van der Waals surface area contributed by atoms with Gasteiger partial charge in [0.15, 0.2) is 6.29 Å². The van der Waals surface area contributed by atoms with Crippen LogP contribution in [-0.4, -0.2) is 12.9 Å². The highest BCUT2D eigenvalue weighted by Gasteiger charge is 2.23. The van der Waals surface area contributed by atoms with E-state index in [0.29, 0.717) is 0 Å². The van der Waals surface area contributed by atoms with Crippen LogP contribution >= 0.6 is 0 Å². The third-order valence-corrected chi connectivity index (χ3v) is 3.96. The number of benzene rings is 1. The van der Waals surface area contributed by atoms with Crippen molar-refractivity contribution < 1.29 is 9.47 Å². The van der Waals surface area contributed by atoms with Crippen LogP contribution in [0.4, 0.5) is 0 Å². The molecular weight excluding hydrogens is 248 g/mol.